The van der Waals surface area contributed by atoms with Crippen LogP contribution in [0.15, 0.2) is 36.1 Å². The van der Waals surface area contributed by atoms with Crippen molar-refractivity contribution in [1.82, 2.24) is 0 Å². The van der Waals surface area contributed by atoms with E-state index in [1.165, 1.54) is 13.2 Å². The lowest BCUT2D eigenvalue weighted by Crippen LogP contribution is -2.22. The third-order valence-electron chi connectivity index (χ3n) is 2.32. The predicted molar refractivity (Wildman–Crippen MR) is 65.1 cm³/mol. The lowest BCUT2D eigenvalue weighted by Gasteiger charge is -2.20. The fourth-order valence-corrected chi connectivity index (χ4v) is 1.67. The van der Waals surface area contributed by atoms with Gasteiger partial charge in [0.2, 0.25) is 0 Å². The molecule has 98 valence electrons. The van der Waals surface area contributed by atoms with E-state index in [4.69, 9.17) is 21.4 Å². The molecule has 18 heavy (non-hydrogen) atoms. The molecule has 1 aromatic carbocycles. The smallest absolute Gasteiger partial charge is 0.331 e. The van der Waals surface area contributed by atoms with Gasteiger partial charge >= 0.3 is 5.97 Å². The molecule has 0 fully saturated rings. The number of aliphatic carboxylic acids is 1. The average Bonchev–Trinajstić information content (AvgIpc) is 2.34. The second-order valence-electron chi connectivity index (χ2n) is 3.50. The van der Waals surface area contributed by atoms with Gasteiger partial charge in [-0.1, -0.05) is 29.8 Å². The normalized spacial score (nSPS) is 15.0. The van der Waals surface area contributed by atoms with Crippen molar-refractivity contribution in [3.8, 4) is 0 Å². The minimum absolute atomic E-state index is 0.255. The van der Waals surface area contributed by atoms with Crippen LogP contribution in [0.3, 0.4) is 0 Å². The van der Waals surface area contributed by atoms with Gasteiger partial charge in [0, 0.05) is 10.6 Å². The van der Waals surface area contributed by atoms with Crippen LogP contribution in [0.2, 0.25) is 5.02 Å². The topological polar surface area (TPSA) is 87.0 Å². The molecular formula is C12H13ClO5. The fraction of sp³-hybridized carbons (Fsp3) is 0.250. The zero-order valence-corrected chi connectivity index (χ0v) is 10.3. The second kappa shape index (κ2) is 6.39. The number of aliphatic hydroxyl groups is 2. The number of benzene rings is 1. The van der Waals surface area contributed by atoms with Gasteiger partial charge < -0.3 is 20.1 Å². The minimum atomic E-state index is -1.51. The molecule has 1 aromatic rings. The summed E-state index contributed by atoms with van der Waals surface area (Å²) in [6, 6.07) is 6.41. The largest absolute Gasteiger partial charge is 0.498 e. The summed E-state index contributed by atoms with van der Waals surface area (Å²) >= 11 is 5.87. The molecule has 0 bridgehead atoms. The Hall–Kier alpha value is -1.56. The Labute approximate surface area is 109 Å². The molecule has 0 heterocycles. The number of methoxy groups -OCH3 is 1. The maximum atomic E-state index is 10.5. The van der Waals surface area contributed by atoms with E-state index in [9.17, 15) is 15.0 Å². The summed E-state index contributed by atoms with van der Waals surface area (Å²) in [5.41, 5.74) is 0.292. The molecule has 2 atom stereocenters. The fourth-order valence-electron chi connectivity index (χ4n) is 1.43. The van der Waals surface area contributed by atoms with Gasteiger partial charge in [0.25, 0.3) is 0 Å². The summed E-state index contributed by atoms with van der Waals surface area (Å²) in [6.45, 7) is 0. The molecule has 0 amide bonds. The van der Waals surface area contributed by atoms with Crippen LogP contribution in [0, 0.1) is 0 Å². The van der Waals surface area contributed by atoms with E-state index in [0.717, 1.165) is 0 Å². The average molecular weight is 273 g/mol. The predicted octanol–water partition coefficient (Wildman–Crippen LogP) is 1.35. The van der Waals surface area contributed by atoms with Gasteiger partial charge in [-0.2, -0.15) is 0 Å². The van der Waals surface area contributed by atoms with Gasteiger partial charge in [0.1, 0.15) is 18.0 Å². The third kappa shape index (κ3) is 3.46. The summed E-state index contributed by atoms with van der Waals surface area (Å²) in [6.07, 6.45) is -2.19. The Morgan fingerprint density at radius 1 is 1.39 bits per heavy atom. The molecule has 0 saturated carbocycles. The van der Waals surface area contributed by atoms with E-state index in [2.05, 4.69) is 0 Å². The lowest BCUT2D eigenvalue weighted by atomic mass is 10.0. The third-order valence-corrected chi connectivity index (χ3v) is 2.66. The molecule has 0 aliphatic heterocycles. The SMILES string of the molecule is CO/C(=C/C(=O)O)C(O)C(O)c1ccccc1Cl. The number of carboxylic acids is 1. The number of ether oxygens (including phenoxy) is 1. The van der Waals surface area contributed by atoms with Crippen LogP contribution >= 0.6 is 11.6 Å². The first-order valence-electron chi connectivity index (χ1n) is 5.06. The van der Waals surface area contributed by atoms with Crippen LogP contribution in [0.4, 0.5) is 0 Å². The molecule has 0 radical (unpaired) electrons. The van der Waals surface area contributed by atoms with Gasteiger partial charge in [-0.25, -0.2) is 4.79 Å². The minimum Gasteiger partial charge on any atom is -0.498 e. The van der Waals surface area contributed by atoms with Gasteiger partial charge in [-0.05, 0) is 6.07 Å². The van der Waals surface area contributed by atoms with Gasteiger partial charge in [0.15, 0.2) is 0 Å². The number of carboxylic acid groups (broad SMARTS) is 1. The molecular weight excluding hydrogens is 260 g/mol. The standard InChI is InChI=1S/C12H13ClO5/c1-18-9(6-10(14)15)12(17)11(16)7-4-2-3-5-8(7)13/h2-6,11-12,16-17H,1H3,(H,14,15)/b9-6+. The summed E-state index contributed by atoms with van der Waals surface area (Å²) in [5, 5.41) is 28.6. The number of aliphatic hydroxyl groups excluding tert-OH is 2. The molecule has 0 aliphatic carbocycles. The molecule has 0 spiro atoms. The summed E-state index contributed by atoms with van der Waals surface area (Å²) in [5.74, 6) is -1.54. The van der Waals surface area contributed by atoms with Crippen molar-refractivity contribution in [2.75, 3.05) is 7.11 Å². The van der Waals surface area contributed by atoms with Crippen LogP contribution < -0.4 is 0 Å². The summed E-state index contributed by atoms with van der Waals surface area (Å²) < 4.78 is 4.73. The summed E-state index contributed by atoms with van der Waals surface area (Å²) in [4.78, 5) is 10.5. The van der Waals surface area contributed by atoms with Crippen molar-refractivity contribution < 1.29 is 24.9 Å². The van der Waals surface area contributed by atoms with Crippen LogP contribution in [-0.2, 0) is 9.53 Å². The maximum Gasteiger partial charge on any atom is 0.331 e. The van der Waals surface area contributed by atoms with E-state index in [-0.39, 0.29) is 10.8 Å². The monoisotopic (exact) mass is 272 g/mol. The zero-order chi connectivity index (χ0) is 13.7. The lowest BCUT2D eigenvalue weighted by molar-refractivity contribution is -0.131. The molecule has 5 nitrogen and oxygen atoms in total. The molecule has 0 saturated heterocycles. The molecule has 0 aliphatic rings. The maximum absolute atomic E-state index is 10.5. The highest BCUT2D eigenvalue weighted by atomic mass is 35.5. The van der Waals surface area contributed by atoms with E-state index in [0.29, 0.717) is 11.6 Å². The van der Waals surface area contributed by atoms with Crippen LogP contribution in [0.25, 0.3) is 0 Å². The van der Waals surface area contributed by atoms with E-state index >= 15 is 0 Å². The molecule has 6 heteroatoms. The van der Waals surface area contributed by atoms with Crippen LogP contribution in [0.5, 0.6) is 0 Å². The quantitative estimate of drug-likeness (QED) is 0.556. The number of halogens is 1. The highest BCUT2D eigenvalue weighted by Crippen LogP contribution is 2.27. The van der Waals surface area contributed by atoms with E-state index < -0.39 is 18.2 Å². The zero-order valence-electron chi connectivity index (χ0n) is 9.58. The molecule has 3 N–H and O–H groups in total. The Morgan fingerprint density at radius 3 is 2.50 bits per heavy atom. The number of hydrogen-bond acceptors (Lipinski definition) is 4. The summed E-state index contributed by atoms with van der Waals surface area (Å²) in [7, 11) is 1.21. The van der Waals surface area contributed by atoms with Gasteiger partial charge in [-0.15, -0.1) is 0 Å². The van der Waals surface area contributed by atoms with Crippen molar-refractivity contribution in [3.63, 3.8) is 0 Å². The first kappa shape index (κ1) is 14.5. The van der Waals surface area contributed by atoms with Crippen LogP contribution in [-0.4, -0.2) is 34.5 Å². The first-order valence-corrected chi connectivity index (χ1v) is 5.44. The molecule has 0 aromatic heterocycles. The molecule has 1 rings (SSSR count). The number of rotatable bonds is 5. The van der Waals surface area contributed by atoms with Crippen LogP contribution in [0.1, 0.15) is 11.7 Å². The van der Waals surface area contributed by atoms with Crippen molar-refractivity contribution in [2.45, 2.75) is 12.2 Å². The van der Waals surface area contributed by atoms with E-state index in [1.54, 1.807) is 18.2 Å². The van der Waals surface area contributed by atoms with E-state index in [1.807, 2.05) is 0 Å². The first-order chi connectivity index (χ1) is 8.47. The Balaban J connectivity index is 3.00. The van der Waals surface area contributed by atoms with Crippen molar-refractivity contribution in [1.29, 1.82) is 0 Å². The number of carbonyl (C=O) groups is 1. The van der Waals surface area contributed by atoms with Gasteiger partial charge in [0.05, 0.1) is 13.2 Å². The van der Waals surface area contributed by atoms with Crippen molar-refractivity contribution in [3.05, 3.63) is 46.7 Å². The Bertz CT molecular complexity index is 458. The van der Waals surface area contributed by atoms with Crippen molar-refractivity contribution in [2.24, 2.45) is 0 Å². The molecule has 2 unspecified atom stereocenters. The van der Waals surface area contributed by atoms with Gasteiger partial charge in [-0.3, -0.25) is 0 Å². The second-order valence-corrected chi connectivity index (χ2v) is 3.91. The Kier molecular flexibility index (Phi) is 5.15. The van der Waals surface area contributed by atoms with Crippen molar-refractivity contribution >= 4 is 17.6 Å². The highest BCUT2D eigenvalue weighted by Gasteiger charge is 2.25. The Morgan fingerprint density at radius 2 is 2.00 bits per heavy atom. The number of hydrogen-bond donors (Lipinski definition) is 3. The highest BCUT2D eigenvalue weighted by molar-refractivity contribution is 6.31.